The van der Waals surface area contributed by atoms with Crippen LogP contribution in [0.2, 0.25) is 0 Å². The first-order valence-electron chi connectivity index (χ1n) is 6.82. The molecule has 2 fully saturated rings. The second-order valence-electron chi connectivity index (χ2n) is 5.32. The molecule has 1 N–H and O–H groups in total. The van der Waals surface area contributed by atoms with Gasteiger partial charge in [-0.05, 0) is 0 Å². The molecule has 3 rings (SSSR count). The molecule has 0 spiro atoms. The highest BCUT2D eigenvalue weighted by atomic mass is 19.1. The summed E-state index contributed by atoms with van der Waals surface area (Å²) in [5.41, 5.74) is 0. The molecule has 0 radical (unpaired) electrons. The van der Waals surface area contributed by atoms with Gasteiger partial charge in [-0.3, -0.25) is 9.59 Å². The maximum Gasteiger partial charge on any atom is 0.225 e. The fourth-order valence-corrected chi connectivity index (χ4v) is 2.75. The summed E-state index contributed by atoms with van der Waals surface area (Å²) < 4.78 is 12.8. The molecule has 2 saturated heterocycles. The number of carbonyl (C=O) groups is 2. The molecule has 21 heavy (non-hydrogen) atoms. The average molecular weight is 293 g/mol. The minimum Gasteiger partial charge on any atom is -0.359 e. The molecule has 0 saturated carbocycles. The number of rotatable bonds is 3. The lowest BCUT2D eigenvalue weighted by molar-refractivity contribution is -0.130. The molecule has 112 valence electrons. The number of amides is 2. The van der Waals surface area contributed by atoms with Gasteiger partial charge in [0.2, 0.25) is 17.8 Å². The molecular weight excluding hydrogens is 277 g/mol. The SMILES string of the molecule is CNC(=O)C1CC(=O)N(C2CN(c3ncc(F)cn3)C2)C1. The van der Waals surface area contributed by atoms with Crippen molar-refractivity contribution in [1.29, 1.82) is 0 Å². The van der Waals surface area contributed by atoms with Gasteiger partial charge in [0.15, 0.2) is 5.82 Å². The molecule has 1 aromatic rings. The van der Waals surface area contributed by atoms with Gasteiger partial charge >= 0.3 is 0 Å². The third-order valence-corrected chi connectivity index (χ3v) is 3.97. The highest BCUT2D eigenvalue weighted by Gasteiger charge is 2.42. The summed E-state index contributed by atoms with van der Waals surface area (Å²) in [6.07, 6.45) is 2.51. The molecule has 7 nitrogen and oxygen atoms in total. The van der Waals surface area contributed by atoms with E-state index in [-0.39, 0.29) is 30.2 Å². The van der Waals surface area contributed by atoms with E-state index in [1.54, 1.807) is 11.9 Å². The molecule has 0 aromatic carbocycles. The Morgan fingerprint density at radius 1 is 1.33 bits per heavy atom. The van der Waals surface area contributed by atoms with E-state index in [1.165, 1.54) is 0 Å². The Balaban J connectivity index is 1.58. The van der Waals surface area contributed by atoms with Crippen LogP contribution in [0.3, 0.4) is 0 Å². The summed E-state index contributed by atoms with van der Waals surface area (Å²) in [6.45, 7) is 1.68. The molecule has 1 aromatic heterocycles. The van der Waals surface area contributed by atoms with E-state index in [4.69, 9.17) is 0 Å². The Hall–Kier alpha value is -2.25. The number of hydrogen-bond donors (Lipinski definition) is 1. The lowest BCUT2D eigenvalue weighted by Crippen LogP contribution is -2.60. The van der Waals surface area contributed by atoms with Crippen LogP contribution >= 0.6 is 0 Å². The number of likely N-dealkylation sites (tertiary alicyclic amines) is 1. The largest absolute Gasteiger partial charge is 0.359 e. The lowest BCUT2D eigenvalue weighted by atomic mass is 10.1. The minimum absolute atomic E-state index is 0.00766. The van der Waals surface area contributed by atoms with Gasteiger partial charge in [0.05, 0.1) is 24.4 Å². The molecular formula is C13H16FN5O2. The number of anilines is 1. The highest BCUT2D eigenvalue weighted by Crippen LogP contribution is 2.26. The maximum absolute atomic E-state index is 12.8. The van der Waals surface area contributed by atoms with Crippen LogP contribution in [0.15, 0.2) is 12.4 Å². The Morgan fingerprint density at radius 3 is 2.62 bits per heavy atom. The van der Waals surface area contributed by atoms with Gasteiger partial charge in [-0.15, -0.1) is 0 Å². The monoisotopic (exact) mass is 293 g/mol. The van der Waals surface area contributed by atoms with Crippen molar-refractivity contribution in [3.8, 4) is 0 Å². The van der Waals surface area contributed by atoms with Crippen LogP contribution in [0.5, 0.6) is 0 Å². The zero-order valence-electron chi connectivity index (χ0n) is 11.6. The summed E-state index contributed by atoms with van der Waals surface area (Å²) in [6, 6.07) is 0.0702. The molecule has 2 aliphatic rings. The van der Waals surface area contributed by atoms with Crippen molar-refractivity contribution in [3.05, 3.63) is 18.2 Å². The molecule has 2 amide bonds. The van der Waals surface area contributed by atoms with Crippen LogP contribution in [0.1, 0.15) is 6.42 Å². The van der Waals surface area contributed by atoms with E-state index in [0.29, 0.717) is 25.6 Å². The molecule has 0 aliphatic carbocycles. The molecule has 2 aliphatic heterocycles. The maximum atomic E-state index is 12.8. The summed E-state index contributed by atoms with van der Waals surface area (Å²) in [5, 5.41) is 2.58. The van der Waals surface area contributed by atoms with Crippen LogP contribution in [-0.2, 0) is 9.59 Å². The Labute approximate surface area is 121 Å². The molecule has 1 unspecified atom stereocenters. The normalized spacial score (nSPS) is 22.4. The summed E-state index contributed by atoms with van der Waals surface area (Å²) in [4.78, 5) is 35.0. The number of aromatic nitrogens is 2. The zero-order chi connectivity index (χ0) is 15.0. The highest BCUT2D eigenvalue weighted by molar-refractivity contribution is 5.89. The lowest BCUT2D eigenvalue weighted by Gasteiger charge is -2.43. The van der Waals surface area contributed by atoms with E-state index >= 15 is 0 Å². The van der Waals surface area contributed by atoms with E-state index < -0.39 is 5.82 Å². The first-order chi connectivity index (χ1) is 10.1. The van der Waals surface area contributed by atoms with Crippen LogP contribution < -0.4 is 10.2 Å². The van der Waals surface area contributed by atoms with Crippen molar-refractivity contribution < 1.29 is 14.0 Å². The van der Waals surface area contributed by atoms with E-state index in [9.17, 15) is 14.0 Å². The molecule has 8 heteroatoms. The molecule has 3 heterocycles. The number of hydrogen-bond acceptors (Lipinski definition) is 5. The fraction of sp³-hybridized carbons (Fsp3) is 0.538. The van der Waals surface area contributed by atoms with E-state index in [1.807, 2.05) is 4.90 Å². The number of nitrogens with one attached hydrogen (secondary N) is 1. The minimum atomic E-state index is -0.473. The molecule has 1 atom stereocenters. The first kappa shape index (κ1) is 13.7. The van der Waals surface area contributed by atoms with Gasteiger partial charge in [0.25, 0.3) is 0 Å². The second kappa shape index (κ2) is 5.27. The van der Waals surface area contributed by atoms with E-state index in [0.717, 1.165) is 12.4 Å². The summed E-state index contributed by atoms with van der Waals surface area (Å²) in [7, 11) is 1.58. The van der Waals surface area contributed by atoms with Gasteiger partial charge in [0, 0.05) is 33.1 Å². The van der Waals surface area contributed by atoms with Gasteiger partial charge < -0.3 is 15.1 Å². The van der Waals surface area contributed by atoms with Crippen LogP contribution in [0, 0.1) is 11.7 Å². The van der Waals surface area contributed by atoms with Gasteiger partial charge in [-0.2, -0.15) is 0 Å². The van der Waals surface area contributed by atoms with Crippen molar-refractivity contribution in [3.63, 3.8) is 0 Å². The standard InChI is InChI=1S/C13H16FN5O2/c1-15-12(21)8-2-11(20)19(5-8)10-6-18(7-10)13-16-3-9(14)4-17-13/h3-4,8,10H,2,5-7H2,1H3,(H,15,21). The Bertz CT molecular complexity index is 558. The van der Waals surface area contributed by atoms with Crippen molar-refractivity contribution >= 4 is 17.8 Å². The molecule has 0 bridgehead atoms. The smallest absolute Gasteiger partial charge is 0.225 e. The fourth-order valence-electron chi connectivity index (χ4n) is 2.75. The van der Waals surface area contributed by atoms with Gasteiger partial charge in [-0.1, -0.05) is 0 Å². The predicted molar refractivity (Wildman–Crippen MR) is 71.9 cm³/mol. The van der Waals surface area contributed by atoms with Crippen LogP contribution in [0.4, 0.5) is 10.3 Å². The van der Waals surface area contributed by atoms with Gasteiger partial charge in [-0.25, -0.2) is 14.4 Å². The van der Waals surface area contributed by atoms with Gasteiger partial charge in [0.1, 0.15) is 0 Å². The van der Waals surface area contributed by atoms with Crippen LogP contribution in [-0.4, -0.2) is 59.4 Å². The Kier molecular flexibility index (Phi) is 3.44. The van der Waals surface area contributed by atoms with Crippen molar-refractivity contribution in [2.24, 2.45) is 5.92 Å². The average Bonchev–Trinajstić information content (AvgIpc) is 2.80. The van der Waals surface area contributed by atoms with Crippen molar-refractivity contribution in [1.82, 2.24) is 20.2 Å². The number of nitrogens with zero attached hydrogens (tertiary/aromatic N) is 4. The first-order valence-corrected chi connectivity index (χ1v) is 6.82. The number of carbonyl (C=O) groups excluding carboxylic acids is 2. The Morgan fingerprint density at radius 2 is 2.00 bits per heavy atom. The quantitative estimate of drug-likeness (QED) is 0.805. The summed E-state index contributed by atoms with van der Waals surface area (Å²) >= 11 is 0. The number of halogens is 1. The predicted octanol–water partition coefficient (Wildman–Crippen LogP) is -0.601. The topological polar surface area (TPSA) is 78.4 Å². The third kappa shape index (κ3) is 2.53. The zero-order valence-corrected chi connectivity index (χ0v) is 11.6. The van der Waals surface area contributed by atoms with E-state index in [2.05, 4.69) is 15.3 Å². The third-order valence-electron chi connectivity index (χ3n) is 3.97. The van der Waals surface area contributed by atoms with Crippen LogP contribution in [0.25, 0.3) is 0 Å². The van der Waals surface area contributed by atoms with Crippen molar-refractivity contribution in [2.75, 3.05) is 31.6 Å². The van der Waals surface area contributed by atoms with Crippen molar-refractivity contribution in [2.45, 2.75) is 12.5 Å². The second-order valence-corrected chi connectivity index (χ2v) is 5.32. The summed E-state index contributed by atoms with van der Waals surface area (Å²) in [5.74, 6) is -0.364.